The first kappa shape index (κ1) is 27.0. The summed E-state index contributed by atoms with van der Waals surface area (Å²) in [5.74, 6) is -0.944. The van der Waals surface area contributed by atoms with Crippen LogP contribution >= 0.6 is 11.6 Å². The van der Waals surface area contributed by atoms with E-state index in [0.29, 0.717) is 22.1 Å². The van der Waals surface area contributed by atoms with E-state index >= 15 is 0 Å². The largest absolute Gasteiger partial charge is 0.482 e. The molecule has 1 heterocycles. The minimum absolute atomic E-state index is 0.102. The third-order valence-electron chi connectivity index (χ3n) is 6.71. The standard InChI is InChI=1S/C29H31ClN4O4/c1-17-5-8-23(11-19(17)3)31-27(35)16-38-26-10-7-22(30)14-25(26)32-33-29(37)21-13-28(36)34(15-21)24-9-6-18(2)20(4)12-24/h5-12,14,21,32H,13,15-16H2,1-4H3,(H,31,35)(H,33,37)/t21-/m1/s1. The number of aryl methyl sites for hydroxylation is 4. The van der Waals surface area contributed by atoms with Gasteiger partial charge in [0.05, 0.1) is 11.6 Å². The lowest BCUT2D eigenvalue weighted by Crippen LogP contribution is -2.36. The van der Waals surface area contributed by atoms with Crippen LogP contribution in [0, 0.1) is 33.6 Å². The van der Waals surface area contributed by atoms with Crippen LogP contribution < -0.4 is 25.8 Å². The maximum Gasteiger partial charge on any atom is 0.262 e. The van der Waals surface area contributed by atoms with Crippen LogP contribution in [-0.4, -0.2) is 30.9 Å². The number of nitrogens with one attached hydrogen (secondary N) is 3. The fourth-order valence-corrected chi connectivity index (χ4v) is 4.31. The molecule has 1 aliphatic heterocycles. The highest BCUT2D eigenvalue weighted by atomic mass is 35.5. The second-order valence-corrected chi connectivity index (χ2v) is 10.0. The maximum absolute atomic E-state index is 12.9. The van der Waals surface area contributed by atoms with Crippen molar-refractivity contribution < 1.29 is 19.1 Å². The van der Waals surface area contributed by atoms with E-state index < -0.39 is 5.92 Å². The van der Waals surface area contributed by atoms with E-state index in [9.17, 15) is 14.4 Å². The van der Waals surface area contributed by atoms with Gasteiger partial charge in [-0.3, -0.25) is 25.2 Å². The molecule has 3 aromatic carbocycles. The van der Waals surface area contributed by atoms with Crippen LogP contribution in [0.25, 0.3) is 0 Å². The molecule has 8 nitrogen and oxygen atoms in total. The summed E-state index contributed by atoms with van der Waals surface area (Å²) >= 11 is 6.15. The van der Waals surface area contributed by atoms with Gasteiger partial charge in [0.15, 0.2) is 6.61 Å². The molecule has 1 atom stereocenters. The Morgan fingerprint density at radius 3 is 2.37 bits per heavy atom. The summed E-state index contributed by atoms with van der Waals surface area (Å²) in [5, 5.41) is 3.23. The lowest BCUT2D eigenvalue weighted by Gasteiger charge is -2.18. The van der Waals surface area contributed by atoms with Crippen LogP contribution in [-0.2, 0) is 14.4 Å². The summed E-state index contributed by atoms with van der Waals surface area (Å²) in [4.78, 5) is 39.6. The zero-order chi connectivity index (χ0) is 27.4. The number of hydrogen-bond acceptors (Lipinski definition) is 5. The first-order chi connectivity index (χ1) is 18.1. The van der Waals surface area contributed by atoms with Gasteiger partial charge in [-0.1, -0.05) is 23.7 Å². The Hall–Kier alpha value is -4.04. The SMILES string of the molecule is Cc1ccc(NC(=O)COc2ccc(Cl)cc2NNC(=O)[C@@H]2CC(=O)N(c3ccc(C)c(C)c3)C2)cc1C. The molecule has 198 valence electrons. The number of carbonyl (C=O) groups excluding carboxylic acids is 3. The van der Waals surface area contributed by atoms with E-state index in [1.807, 2.05) is 64.1 Å². The Balaban J connectivity index is 1.34. The first-order valence-corrected chi connectivity index (χ1v) is 12.7. The number of hydrazine groups is 1. The zero-order valence-electron chi connectivity index (χ0n) is 21.9. The van der Waals surface area contributed by atoms with Crippen LogP contribution in [0.2, 0.25) is 5.02 Å². The Kier molecular flexibility index (Phi) is 8.22. The summed E-state index contributed by atoms with van der Waals surface area (Å²) < 4.78 is 5.70. The van der Waals surface area contributed by atoms with Gasteiger partial charge in [0.2, 0.25) is 11.8 Å². The number of halogens is 1. The number of hydrogen-bond donors (Lipinski definition) is 3. The lowest BCUT2D eigenvalue weighted by molar-refractivity contribution is -0.125. The van der Waals surface area contributed by atoms with Gasteiger partial charge in [0.1, 0.15) is 5.75 Å². The van der Waals surface area contributed by atoms with Crippen molar-refractivity contribution in [1.29, 1.82) is 0 Å². The smallest absolute Gasteiger partial charge is 0.262 e. The van der Waals surface area contributed by atoms with Crippen molar-refractivity contribution in [3.05, 3.63) is 81.9 Å². The van der Waals surface area contributed by atoms with Gasteiger partial charge in [0.25, 0.3) is 5.91 Å². The fourth-order valence-electron chi connectivity index (χ4n) is 4.14. The molecule has 0 aromatic heterocycles. The molecular formula is C29H31ClN4O4. The Labute approximate surface area is 227 Å². The Morgan fingerprint density at radius 2 is 1.66 bits per heavy atom. The van der Waals surface area contributed by atoms with Crippen LogP contribution in [0.4, 0.5) is 17.1 Å². The Bertz CT molecular complexity index is 1390. The monoisotopic (exact) mass is 534 g/mol. The molecule has 3 aromatic rings. The predicted octanol–water partition coefficient (Wildman–Crippen LogP) is 5.09. The predicted molar refractivity (Wildman–Crippen MR) is 150 cm³/mol. The molecule has 38 heavy (non-hydrogen) atoms. The maximum atomic E-state index is 12.9. The molecule has 3 amide bonds. The normalized spacial score (nSPS) is 14.8. The summed E-state index contributed by atoms with van der Waals surface area (Å²) in [5.41, 5.74) is 11.8. The molecular weight excluding hydrogens is 504 g/mol. The highest BCUT2D eigenvalue weighted by Crippen LogP contribution is 2.29. The second-order valence-electron chi connectivity index (χ2n) is 9.56. The molecule has 0 saturated carbocycles. The van der Waals surface area contributed by atoms with E-state index in [0.717, 1.165) is 27.9 Å². The third-order valence-corrected chi connectivity index (χ3v) is 6.94. The molecule has 1 fully saturated rings. The van der Waals surface area contributed by atoms with Gasteiger partial charge < -0.3 is 15.0 Å². The van der Waals surface area contributed by atoms with E-state index in [2.05, 4.69) is 16.2 Å². The third kappa shape index (κ3) is 6.44. The second kappa shape index (κ2) is 11.6. The molecule has 0 unspecified atom stereocenters. The molecule has 4 rings (SSSR count). The van der Waals surface area contributed by atoms with Gasteiger partial charge in [-0.2, -0.15) is 0 Å². The number of ether oxygens (including phenoxy) is 1. The number of benzene rings is 3. The van der Waals surface area contributed by atoms with Crippen molar-refractivity contribution in [3.8, 4) is 5.75 Å². The highest BCUT2D eigenvalue weighted by molar-refractivity contribution is 6.31. The summed E-state index contributed by atoms with van der Waals surface area (Å²) in [7, 11) is 0. The molecule has 9 heteroatoms. The van der Waals surface area contributed by atoms with Gasteiger partial charge >= 0.3 is 0 Å². The van der Waals surface area contributed by atoms with Crippen molar-refractivity contribution in [2.75, 3.05) is 28.8 Å². The zero-order valence-corrected chi connectivity index (χ0v) is 22.6. The van der Waals surface area contributed by atoms with Crippen molar-refractivity contribution in [2.45, 2.75) is 34.1 Å². The molecule has 1 aliphatic rings. The minimum Gasteiger partial charge on any atom is -0.482 e. The highest BCUT2D eigenvalue weighted by Gasteiger charge is 2.35. The number of anilines is 3. The average Bonchev–Trinajstić information content (AvgIpc) is 3.27. The van der Waals surface area contributed by atoms with E-state index in [1.165, 1.54) is 0 Å². The molecule has 0 aliphatic carbocycles. The number of nitrogens with zero attached hydrogens (tertiary/aromatic N) is 1. The molecule has 3 N–H and O–H groups in total. The molecule has 0 spiro atoms. The Morgan fingerprint density at radius 1 is 0.947 bits per heavy atom. The van der Waals surface area contributed by atoms with Gasteiger partial charge in [-0.25, -0.2) is 0 Å². The number of carbonyl (C=O) groups is 3. The lowest BCUT2D eigenvalue weighted by atomic mass is 10.1. The van der Waals surface area contributed by atoms with E-state index in [4.69, 9.17) is 16.3 Å². The van der Waals surface area contributed by atoms with E-state index in [-0.39, 0.29) is 37.3 Å². The summed E-state index contributed by atoms with van der Waals surface area (Å²) in [6.45, 7) is 8.03. The van der Waals surface area contributed by atoms with Crippen LogP contribution in [0.5, 0.6) is 5.75 Å². The average molecular weight is 535 g/mol. The van der Waals surface area contributed by atoms with Gasteiger partial charge in [-0.05, 0) is 92.4 Å². The molecule has 0 bridgehead atoms. The number of rotatable bonds is 8. The number of amides is 3. The quantitative estimate of drug-likeness (QED) is 0.350. The minimum atomic E-state index is -0.524. The van der Waals surface area contributed by atoms with E-state index in [1.54, 1.807) is 23.1 Å². The summed E-state index contributed by atoms with van der Waals surface area (Å²) in [6, 6.07) is 16.3. The van der Waals surface area contributed by atoms with Crippen LogP contribution in [0.15, 0.2) is 54.6 Å². The first-order valence-electron chi connectivity index (χ1n) is 12.3. The summed E-state index contributed by atoms with van der Waals surface area (Å²) in [6.07, 6.45) is 0.109. The van der Waals surface area contributed by atoms with Crippen molar-refractivity contribution >= 4 is 46.4 Å². The topological polar surface area (TPSA) is 99.8 Å². The van der Waals surface area contributed by atoms with Crippen molar-refractivity contribution in [2.24, 2.45) is 5.92 Å². The van der Waals surface area contributed by atoms with Crippen molar-refractivity contribution in [1.82, 2.24) is 5.43 Å². The van der Waals surface area contributed by atoms with Crippen LogP contribution in [0.1, 0.15) is 28.7 Å². The van der Waals surface area contributed by atoms with Crippen LogP contribution in [0.3, 0.4) is 0 Å². The molecule has 1 saturated heterocycles. The van der Waals surface area contributed by atoms with Gasteiger partial charge in [-0.15, -0.1) is 0 Å². The van der Waals surface area contributed by atoms with Crippen molar-refractivity contribution in [3.63, 3.8) is 0 Å². The fraction of sp³-hybridized carbons (Fsp3) is 0.276. The molecule has 0 radical (unpaired) electrons. The van der Waals surface area contributed by atoms with Gasteiger partial charge in [0, 0.05) is 29.4 Å².